The Labute approximate surface area is 190 Å². The van der Waals surface area contributed by atoms with E-state index in [0.29, 0.717) is 12.2 Å². The molecular weight excluding hydrogens is 462 g/mol. The van der Waals surface area contributed by atoms with Gasteiger partial charge in [0.1, 0.15) is 6.04 Å². The molecule has 0 radical (unpaired) electrons. The van der Waals surface area contributed by atoms with Gasteiger partial charge in [-0.3, -0.25) is 9.69 Å². The molecule has 0 aromatic carbocycles. The molecule has 1 amide bonds. The van der Waals surface area contributed by atoms with Crippen LogP contribution in [0.3, 0.4) is 0 Å². The van der Waals surface area contributed by atoms with Crippen molar-refractivity contribution in [2.24, 2.45) is 0 Å². The Morgan fingerprint density at radius 3 is 2.59 bits per heavy atom. The summed E-state index contributed by atoms with van der Waals surface area (Å²) in [5.41, 5.74) is 5.97. The molecule has 3 N–H and O–H groups in total. The second kappa shape index (κ2) is 9.40. The van der Waals surface area contributed by atoms with Crippen LogP contribution in [0.4, 0.5) is 29.5 Å². The maximum Gasteiger partial charge on any atom is 0.319 e. The number of piperazine rings is 1. The van der Waals surface area contributed by atoms with Gasteiger partial charge < -0.3 is 20.4 Å². The van der Waals surface area contributed by atoms with Crippen LogP contribution in [0.15, 0.2) is 22.8 Å². The Hall–Kier alpha value is -3.49. The zero-order chi connectivity index (χ0) is 24.5. The van der Waals surface area contributed by atoms with Gasteiger partial charge in [0, 0.05) is 26.2 Å². The third kappa shape index (κ3) is 4.88. The van der Waals surface area contributed by atoms with Gasteiger partial charge in [0.15, 0.2) is 5.76 Å². The van der Waals surface area contributed by atoms with Crippen LogP contribution in [0.1, 0.15) is 13.3 Å². The number of carbonyl (C=O) groups is 1. The molecule has 1 aliphatic heterocycles. The molecule has 1 fully saturated rings. The summed E-state index contributed by atoms with van der Waals surface area (Å²) in [5, 5.41) is 7.14. The standard InChI is InChI=1S/C19H23F4N9O2/c1-2-11(14(33)31-7-5-30(6-8-31)10-19(22,23)15(20)21)25-17-27-16(24)32-18(28-17)26-13(29-32)12-4-3-9-34-12/h3-4,9,11,15H,2,5-8,10H2,1H3,(H3,24,25,26,27,28,29)/t11-/m0/s1. The lowest BCUT2D eigenvalue weighted by atomic mass is 10.1. The number of hydrogen-bond donors (Lipinski definition) is 2. The Bertz CT molecular complexity index is 1130. The maximum atomic E-state index is 13.3. The van der Waals surface area contributed by atoms with Gasteiger partial charge in [-0.1, -0.05) is 6.92 Å². The molecule has 4 rings (SSSR count). The fraction of sp³-hybridized carbons (Fsp3) is 0.526. The van der Waals surface area contributed by atoms with Crippen LogP contribution >= 0.6 is 0 Å². The first kappa shape index (κ1) is 23.7. The van der Waals surface area contributed by atoms with E-state index in [2.05, 4.69) is 25.4 Å². The third-order valence-corrected chi connectivity index (χ3v) is 5.42. The number of anilines is 2. The third-order valence-electron chi connectivity index (χ3n) is 5.42. The first-order valence-corrected chi connectivity index (χ1v) is 10.6. The lowest BCUT2D eigenvalue weighted by molar-refractivity contribution is -0.148. The highest BCUT2D eigenvalue weighted by molar-refractivity contribution is 5.84. The number of amides is 1. The Morgan fingerprint density at radius 2 is 1.97 bits per heavy atom. The molecular formula is C19H23F4N9O2. The van der Waals surface area contributed by atoms with E-state index in [9.17, 15) is 22.4 Å². The number of furan rings is 1. The van der Waals surface area contributed by atoms with Crippen LogP contribution in [0, 0.1) is 0 Å². The number of halogens is 4. The number of alkyl halides is 4. The van der Waals surface area contributed by atoms with Crippen LogP contribution < -0.4 is 11.1 Å². The topological polar surface area (TPSA) is 131 Å². The van der Waals surface area contributed by atoms with Gasteiger partial charge in [0.2, 0.25) is 23.6 Å². The van der Waals surface area contributed by atoms with Crippen molar-refractivity contribution in [3.8, 4) is 11.6 Å². The van der Waals surface area contributed by atoms with Crippen LogP contribution in [-0.4, -0.2) is 91.4 Å². The lowest BCUT2D eigenvalue weighted by Crippen LogP contribution is -2.55. The number of rotatable bonds is 8. The van der Waals surface area contributed by atoms with Crippen molar-refractivity contribution in [3.63, 3.8) is 0 Å². The van der Waals surface area contributed by atoms with E-state index >= 15 is 0 Å². The number of nitrogen functional groups attached to an aromatic ring is 1. The van der Waals surface area contributed by atoms with Crippen molar-refractivity contribution in [2.75, 3.05) is 43.8 Å². The maximum absolute atomic E-state index is 13.3. The summed E-state index contributed by atoms with van der Waals surface area (Å²) < 4.78 is 58.0. The molecule has 3 aromatic heterocycles. The van der Waals surface area contributed by atoms with E-state index in [1.165, 1.54) is 20.6 Å². The van der Waals surface area contributed by atoms with E-state index in [4.69, 9.17) is 10.2 Å². The smallest absolute Gasteiger partial charge is 0.319 e. The van der Waals surface area contributed by atoms with Crippen molar-refractivity contribution >= 4 is 23.6 Å². The van der Waals surface area contributed by atoms with Crippen LogP contribution in [-0.2, 0) is 4.79 Å². The molecule has 11 nitrogen and oxygen atoms in total. The molecule has 1 saturated heterocycles. The van der Waals surface area contributed by atoms with Crippen LogP contribution in [0.25, 0.3) is 17.4 Å². The Morgan fingerprint density at radius 1 is 1.24 bits per heavy atom. The number of aromatic nitrogens is 5. The first-order valence-electron chi connectivity index (χ1n) is 10.6. The Balaban J connectivity index is 1.41. The molecule has 0 spiro atoms. The Kier molecular flexibility index (Phi) is 6.54. The molecule has 15 heteroatoms. The minimum atomic E-state index is -4.09. The zero-order valence-electron chi connectivity index (χ0n) is 18.2. The summed E-state index contributed by atoms with van der Waals surface area (Å²) in [4.78, 5) is 28.4. The monoisotopic (exact) mass is 485 g/mol. The molecule has 4 heterocycles. The normalized spacial score (nSPS) is 16.4. The molecule has 184 valence electrons. The van der Waals surface area contributed by atoms with Gasteiger partial charge in [0.25, 0.3) is 5.78 Å². The number of nitrogens with two attached hydrogens (primary N) is 1. The largest absolute Gasteiger partial charge is 0.461 e. The minimum Gasteiger partial charge on any atom is -0.461 e. The van der Waals surface area contributed by atoms with Gasteiger partial charge in [0.05, 0.1) is 12.8 Å². The molecule has 1 atom stereocenters. The summed E-state index contributed by atoms with van der Waals surface area (Å²) in [5.74, 6) is -3.48. The van der Waals surface area contributed by atoms with Crippen molar-refractivity contribution in [2.45, 2.75) is 31.7 Å². The molecule has 0 aliphatic carbocycles. The highest BCUT2D eigenvalue weighted by atomic mass is 19.3. The number of hydrogen-bond acceptors (Lipinski definition) is 9. The number of nitrogens with zero attached hydrogens (tertiary/aromatic N) is 7. The van der Waals surface area contributed by atoms with Gasteiger partial charge in [-0.15, -0.1) is 5.10 Å². The van der Waals surface area contributed by atoms with Gasteiger partial charge in [-0.25, -0.2) is 8.78 Å². The van der Waals surface area contributed by atoms with E-state index in [0.717, 1.165) is 0 Å². The van der Waals surface area contributed by atoms with E-state index < -0.39 is 24.9 Å². The number of nitrogens with one attached hydrogen (secondary N) is 1. The summed E-state index contributed by atoms with van der Waals surface area (Å²) in [6.07, 6.45) is -1.88. The summed E-state index contributed by atoms with van der Waals surface area (Å²) >= 11 is 0. The second-order valence-corrected chi connectivity index (χ2v) is 7.80. The van der Waals surface area contributed by atoms with Gasteiger partial charge >= 0.3 is 12.3 Å². The molecule has 3 aromatic rings. The second-order valence-electron chi connectivity index (χ2n) is 7.80. The average Bonchev–Trinajstić information content (AvgIpc) is 3.47. The average molecular weight is 485 g/mol. The zero-order valence-corrected chi connectivity index (χ0v) is 18.2. The fourth-order valence-corrected chi connectivity index (χ4v) is 3.59. The van der Waals surface area contributed by atoms with Crippen molar-refractivity contribution in [1.29, 1.82) is 0 Å². The number of fused-ring (bicyclic) bond motifs is 1. The quantitative estimate of drug-likeness (QED) is 0.457. The highest BCUT2D eigenvalue weighted by Gasteiger charge is 2.43. The summed E-state index contributed by atoms with van der Waals surface area (Å²) in [7, 11) is 0. The van der Waals surface area contributed by atoms with Crippen molar-refractivity contribution in [1.82, 2.24) is 34.4 Å². The lowest BCUT2D eigenvalue weighted by Gasteiger charge is -2.37. The fourth-order valence-electron chi connectivity index (χ4n) is 3.59. The van der Waals surface area contributed by atoms with Gasteiger partial charge in [-0.05, 0) is 18.6 Å². The van der Waals surface area contributed by atoms with E-state index in [1.54, 1.807) is 19.1 Å². The van der Waals surface area contributed by atoms with Crippen LogP contribution in [0.5, 0.6) is 0 Å². The predicted molar refractivity (Wildman–Crippen MR) is 112 cm³/mol. The first-order chi connectivity index (χ1) is 16.2. The summed E-state index contributed by atoms with van der Waals surface area (Å²) in [6.45, 7) is 1.13. The van der Waals surface area contributed by atoms with Gasteiger partial charge in [-0.2, -0.15) is 28.2 Å². The van der Waals surface area contributed by atoms with Crippen molar-refractivity contribution in [3.05, 3.63) is 18.4 Å². The highest BCUT2D eigenvalue weighted by Crippen LogP contribution is 2.24. The predicted octanol–water partition coefficient (Wildman–Crippen LogP) is 1.60. The summed E-state index contributed by atoms with van der Waals surface area (Å²) in [6, 6.07) is 2.64. The molecule has 0 bridgehead atoms. The van der Waals surface area contributed by atoms with Crippen LogP contribution in [0.2, 0.25) is 0 Å². The SMILES string of the molecule is CC[C@H](Nc1nc(N)n2nc(-c3ccco3)nc2n1)C(=O)N1CCN(CC(F)(F)C(F)F)CC1. The molecule has 34 heavy (non-hydrogen) atoms. The van der Waals surface area contributed by atoms with E-state index in [-0.39, 0.29) is 55.6 Å². The van der Waals surface area contributed by atoms with Crippen molar-refractivity contribution < 1.29 is 26.8 Å². The molecule has 1 aliphatic rings. The number of carbonyl (C=O) groups excluding carboxylic acids is 1. The minimum absolute atomic E-state index is 0.00585. The molecule has 0 unspecified atom stereocenters. The molecule has 0 saturated carbocycles. The van der Waals surface area contributed by atoms with E-state index in [1.807, 2.05) is 0 Å².